The van der Waals surface area contributed by atoms with Crippen molar-refractivity contribution in [2.75, 3.05) is 0 Å². The van der Waals surface area contributed by atoms with Gasteiger partial charge in [0.25, 0.3) is 0 Å². The average Bonchev–Trinajstić information content (AvgIpc) is 3.03. The Balaban J connectivity index is 1.70. The van der Waals surface area contributed by atoms with Crippen molar-refractivity contribution in [2.24, 2.45) is 0 Å². The number of nitrogens with zero attached hydrogens (tertiary/aromatic N) is 4. The van der Waals surface area contributed by atoms with Crippen molar-refractivity contribution in [3.8, 4) is 5.82 Å². The Hall–Kier alpha value is -2.28. The Kier molecular flexibility index (Phi) is 3.92. The number of hydrogen-bond acceptors (Lipinski definition) is 4. The molecule has 0 unspecified atom stereocenters. The standard InChI is InChI=1S/C14H10F2N4S/c15-11-1-2-12(16)10(7-11)8-21-14-4-3-13(18-19-14)20-6-5-17-9-20/h1-7,9H,8H2. The van der Waals surface area contributed by atoms with Crippen LogP contribution in [0.1, 0.15) is 5.56 Å². The van der Waals surface area contributed by atoms with Crippen LogP contribution in [0.5, 0.6) is 0 Å². The van der Waals surface area contributed by atoms with E-state index in [-0.39, 0.29) is 0 Å². The summed E-state index contributed by atoms with van der Waals surface area (Å²) in [5, 5.41) is 8.75. The first-order chi connectivity index (χ1) is 10.2. The molecule has 0 bridgehead atoms. The van der Waals surface area contributed by atoms with E-state index in [4.69, 9.17) is 0 Å². The number of imidazole rings is 1. The van der Waals surface area contributed by atoms with Gasteiger partial charge in [0.2, 0.25) is 0 Å². The summed E-state index contributed by atoms with van der Waals surface area (Å²) in [7, 11) is 0. The largest absolute Gasteiger partial charge is 0.289 e. The number of hydrogen-bond donors (Lipinski definition) is 0. The molecule has 106 valence electrons. The third-order valence-corrected chi connectivity index (χ3v) is 3.75. The van der Waals surface area contributed by atoms with Gasteiger partial charge in [-0.05, 0) is 30.3 Å². The molecule has 1 aromatic carbocycles. The van der Waals surface area contributed by atoms with Crippen LogP contribution < -0.4 is 0 Å². The van der Waals surface area contributed by atoms with E-state index in [1.54, 1.807) is 35.4 Å². The highest BCUT2D eigenvalue weighted by Gasteiger charge is 2.06. The van der Waals surface area contributed by atoms with E-state index in [2.05, 4.69) is 15.2 Å². The maximum atomic E-state index is 13.5. The summed E-state index contributed by atoms with van der Waals surface area (Å²) in [4.78, 5) is 3.93. The van der Waals surface area contributed by atoms with Gasteiger partial charge in [-0.1, -0.05) is 11.8 Å². The minimum Gasteiger partial charge on any atom is -0.289 e. The molecule has 4 nitrogen and oxygen atoms in total. The van der Waals surface area contributed by atoms with E-state index < -0.39 is 11.6 Å². The summed E-state index contributed by atoms with van der Waals surface area (Å²) in [6.45, 7) is 0. The molecule has 21 heavy (non-hydrogen) atoms. The summed E-state index contributed by atoms with van der Waals surface area (Å²) < 4.78 is 28.3. The zero-order valence-corrected chi connectivity index (χ0v) is 11.6. The topological polar surface area (TPSA) is 43.6 Å². The van der Waals surface area contributed by atoms with Gasteiger partial charge >= 0.3 is 0 Å². The lowest BCUT2D eigenvalue weighted by Gasteiger charge is -2.04. The van der Waals surface area contributed by atoms with Crippen molar-refractivity contribution in [1.82, 2.24) is 19.7 Å². The van der Waals surface area contributed by atoms with Gasteiger partial charge in [0, 0.05) is 23.7 Å². The first-order valence-corrected chi connectivity index (χ1v) is 7.10. The molecule has 0 fully saturated rings. The predicted molar refractivity (Wildman–Crippen MR) is 75.1 cm³/mol. The minimum atomic E-state index is -0.450. The predicted octanol–water partition coefficient (Wildman–Crippen LogP) is 3.23. The van der Waals surface area contributed by atoms with Gasteiger partial charge in [0.1, 0.15) is 23.0 Å². The van der Waals surface area contributed by atoms with Crippen LogP contribution in [0.25, 0.3) is 5.82 Å². The fourth-order valence-electron chi connectivity index (χ4n) is 1.73. The third kappa shape index (κ3) is 3.25. The van der Waals surface area contributed by atoms with E-state index in [0.29, 0.717) is 22.2 Å². The molecule has 7 heteroatoms. The molecule has 0 aliphatic rings. The van der Waals surface area contributed by atoms with E-state index in [1.807, 2.05) is 0 Å². The maximum Gasteiger partial charge on any atom is 0.160 e. The van der Waals surface area contributed by atoms with E-state index in [0.717, 1.165) is 12.1 Å². The molecule has 2 heterocycles. The van der Waals surface area contributed by atoms with Crippen LogP contribution >= 0.6 is 11.8 Å². The molecule has 0 saturated heterocycles. The quantitative estimate of drug-likeness (QED) is 0.694. The van der Waals surface area contributed by atoms with Crippen LogP contribution in [0, 0.1) is 11.6 Å². The second-order valence-electron chi connectivity index (χ2n) is 4.22. The highest BCUT2D eigenvalue weighted by molar-refractivity contribution is 7.98. The second kappa shape index (κ2) is 6.01. The lowest BCUT2D eigenvalue weighted by atomic mass is 10.2. The molecule has 0 N–H and O–H groups in total. The number of rotatable bonds is 4. The van der Waals surface area contributed by atoms with E-state index in [9.17, 15) is 8.78 Å². The summed E-state index contributed by atoms with van der Waals surface area (Å²) in [6.07, 6.45) is 5.04. The molecule has 3 rings (SSSR count). The molecule has 0 saturated carbocycles. The molecule has 3 aromatic rings. The van der Waals surface area contributed by atoms with Crippen molar-refractivity contribution in [3.63, 3.8) is 0 Å². The molecular formula is C14H10F2N4S. The van der Waals surface area contributed by atoms with Gasteiger partial charge in [-0.15, -0.1) is 10.2 Å². The number of benzene rings is 1. The summed E-state index contributed by atoms with van der Waals surface area (Å²) in [6, 6.07) is 6.99. The van der Waals surface area contributed by atoms with Crippen LogP contribution in [0.2, 0.25) is 0 Å². The van der Waals surface area contributed by atoms with Gasteiger partial charge < -0.3 is 0 Å². The normalized spacial score (nSPS) is 10.8. The summed E-state index contributed by atoms with van der Waals surface area (Å²) in [5.41, 5.74) is 0.306. The lowest BCUT2D eigenvalue weighted by Crippen LogP contribution is -1.97. The van der Waals surface area contributed by atoms with Crippen molar-refractivity contribution in [3.05, 3.63) is 66.3 Å². The summed E-state index contributed by atoms with van der Waals surface area (Å²) in [5.74, 6) is 0.0668. The molecule has 0 spiro atoms. The van der Waals surface area contributed by atoms with Crippen LogP contribution in [0.4, 0.5) is 8.78 Å². The average molecular weight is 304 g/mol. The molecule has 2 aromatic heterocycles. The van der Waals surface area contributed by atoms with Crippen LogP contribution in [0.3, 0.4) is 0 Å². The summed E-state index contributed by atoms with van der Waals surface area (Å²) >= 11 is 1.30. The monoisotopic (exact) mass is 304 g/mol. The smallest absolute Gasteiger partial charge is 0.160 e. The third-order valence-electron chi connectivity index (χ3n) is 2.78. The van der Waals surface area contributed by atoms with Crippen molar-refractivity contribution in [1.29, 1.82) is 0 Å². The van der Waals surface area contributed by atoms with Gasteiger partial charge in [0.05, 0.1) is 0 Å². The minimum absolute atomic E-state index is 0.294. The van der Waals surface area contributed by atoms with Gasteiger partial charge in [-0.25, -0.2) is 13.8 Å². The first kappa shape index (κ1) is 13.7. The Bertz CT molecular complexity index is 729. The van der Waals surface area contributed by atoms with Crippen molar-refractivity contribution in [2.45, 2.75) is 10.8 Å². The molecule has 0 atom stereocenters. The Labute approximate surface area is 123 Å². The van der Waals surface area contributed by atoms with E-state index in [1.165, 1.54) is 17.8 Å². The van der Waals surface area contributed by atoms with Gasteiger partial charge in [-0.2, -0.15) is 0 Å². The van der Waals surface area contributed by atoms with Gasteiger partial charge in [-0.3, -0.25) is 4.57 Å². The highest BCUT2D eigenvalue weighted by atomic mass is 32.2. The van der Waals surface area contributed by atoms with Gasteiger partial charge in [0.15, 0.2) is 5.82 Å². The highest BCUT2D eigenvalue weighted by Crippen LogP contribution is 2.22. The van der Waals surface area contributed by atoms with Crippen LogP contribution in [-0.4, -0.2) is 19.7 Å². The Morgan fingerprint density at radius 2 is 2.00 bits per heavy atom. The number of thioether (sulfide) groups is 1. The fraction of sp³-hybridized carbons (Fsp3) is 0.0714. The first-order valence-electron chi connectivity index (χ1n) is 6.11. The zero-order valence-electron chi connectivity index (χ0n) is 10.8. The molecule has 0 amide bonds. The molecule has 0 aliphatic heterocycles. The Morgan fingerprint density at radius 3 is 2.71 bits per heavy atom. The van der Waals surface area contributed by atoms with Crippen molar-refractivity contribution >= 4 is 11.8 Å². The van der Waals surface area contributed by atoms with Crippen LogP contribution in [0.15, 0.2) is 54.1 Å². The number of halogens is 2. The maximum absolute atomic E-state index is 13.5. The lowest BCUT2D eigenvalue weighted by molar-refractivity contribution is 0.591. The molecule has 0 aliphatic carbocycles. The van der Waals surface area contributed by atoms with Crippen LogP contribution in [-0.2, 0) is 5.75 Å². The van der Waals surface area contributed by atoms with E-state index >= 15 is 0 Å². The fourth-order valence-corrected chi connectivity index (χ4v) is 2.52. The number of aromatic nitrogens is 4. The second-order valence-corrected chi connectivity index (χ2v) is 5.22. The molecular weight excluding hydrogens is 294 g/mol. The SMILES string of the molecule is Fc1ccc(F)c(CSc2ccc(-n3ccnc3)nn2)c1. The van der Waals surface area contributed by atoms with Crippen molar-refractivity contribution < 1.29 is 8.78 Å². The molecule has 0 radical (unpaired) electrons. The Morgan fingerprint density at radius 1 is 1.10 bits per heavy atom. The zero-order chi connectivity index (χ0) is 14.7.